The van der Waals surface area contributed by atoms with Crippen LogP contribution in [0.25, 0.3) is 0 Å². The summed E-state index contributed by atoms with van der Waals surface area (Å²) in [6.07, 6.45) is 1.74. The first-order chi connectivity index (χ1) is 9.93. The topological polar surface area (TPSA) is 66.1 Å². The van der Waals surface area contributed by atoms with Crippen molar-refractivity contribution in [3.63, 3.8) is 0 Å². The zero-order valence-corrected chi connectivity index (χ0v) is 13.2. The summed E-state index contributed by atoms with van der Waals surface area (Å²) in [6, 6.07) is 7.66. The summed E-state index contributed by atoms with van der Waals surface area (Å²) in [7, 11) is -3.60. The highest BCUT2D eigenvalue weighted by Crippen LogP contribution is 2.36. The van der Waals surface area contributed by atoms with E-state index in [1.54, 1.807) is 18.2 Å². The molecule has 1 aliphatic rings. The number of rotatable bonds is 2. The van der Waals surface area contributed by atoms with Gasteiger partial charge in [-0.25, -0.2) is 8.42 Å². The van der Waals surface area contributed by atoms with Crippen molar-refractivity contribution < 1.29 is 8.42 Å². The van der Waals surface area contributed by atoms with Crippen LogP contribution in [0.2, 0.25) is 0 Å². The summed E-state index contributed by atoms with van der Waals surface area (Å²) in [6.45, 7) is 5.42. The van der Waals surface area contributed by atoms with Crippen LogP contribution in [-0.4, -0.2) is 24.7 Å². The molecule has 1 unspecified atom stereocenters. The number of nitrogens with one attached hydrogen (secondary N) is 1. The van der Waals surface area contributed by atoms with Crippen LogP contribution in [0.1, 0.15) is 30.3 Å². The third-order valence-corrected chi connectivity index (χ3v) is 6.23. The second-order valence-electron chi connectivity index (χ2n) is 5.58. The van der Waals surface area contributed by atoms with E-state index >= 15 is 0 Å². The molecule has 0 saturated carbocycles. The lowest BCUT2D eigenvalue weighted by Crippen LogP contribution is -2.42. The first-order valence-electron chi connectivity index (χ1n) is 7.07. The quantitative estimate of drug-likeness (QED) is 0.927. The van der Waals surface area contributed by atoms with Gasteiger partial charge in [-0.1, -0.05) is 18.2 Å². The molecule has 21 heavy (non-hydrogen) atoms. The summed E-state index contributed by atoms with van der Waals surface area (Å²) in [5.41, 5.74) is 2.97. The predicted molar refractivity (Wildman–Crippen MR) is 82.0 cm³/mol. The average Bonchev–Trinajstić information content (AvgIpc) is 2.78. The molecule has 1 aliphatic heterocycles. The van der Waals surface area contributed by atoms with Gasteiger partial charge in [-0.3, -0.25) is 9.40 Å². The Kier molecular flexibility index (Phi) is 3.28. The molecule has 2 heterocycles. The van der Waals surface area contributed by atoms with E-state index in [4.69, 9.17) is 0 Å². The van der Waals surface area contributed by atoms with Crippen LogP contribution in [0, 0.1) is 13.8 Å². The molecule has 2 aromatic rings. The largest absolute Gasteiger partial charge is 0.281 e. The Labute approximate surface area is 125 Å². The van der Waals surface area contributed by atoms with Crippen LogP contribution in [0.4, 0.5) is 5.69 Å². The number of para-hydroxylation sites is 1. The van der Waals surface area contributed by atoms with E-state index in [-0.39, 0.29) is 6.04 Å². The lowest BCUT2D eigenvalue weighted by Gasteiger charge is -2.36. The fourth-order valence-electron chi connectivity index (χ4n) is 3.04. The van der Waals surface area contributed by atoms with Gasteiger partial charge in [0, 0.05) is 6.04 Å². The minimum Gasteiger partial charge on any atom is -0.281 e. The van der Waals surface area contributed by atoms with Crippen molar-refractivity contribution in [1.29, 1.82) is 0 Å². The van der Waals surface area contributed by atoms with Gasteiger partial charge in [-0.2, -0.15) is 5.10 Å². The van der Waals surface area contributed by atoms with E-state index in [9.17, 15) is 8.42 Å². The monoisotopic (exact) mass is 305 g/mol. The number of aryl methyl sites for hydroxylation is 3. The number of benzene rings is 1. The van der Waals surface area contributed by atoms with Crippen molar-refractivity contribution in [2.45, 2.75) is 44.6 Å². The van der Waals surface area contributed by atoms with Crippen LogP contribution >= 0.6 is 0 Å². The molecule has 5 nitrogen and oxygen atoms in total. The van der Waals surface area contributed by atoms with Crippen molar-refractivity contribution >= 4 is 15.7 Å². The Balaban J connectivity index is 2.20. The van der Waals surface area contributed by atoms with Crippen LogP contribution in [0.5, 0.6) is 0 Å². The van der Waals surface area contributed by atoms with Gasteiger partial charge in [0.1, 0.15) is 4.90 Å². The van der Waals surface area contributed by atoms with Crippen molar-refractivity contribution in [2.24, 2.45) is 0 Å². The maximum atomic E-state index is 13.1. The minimum atomic E-state index is -3.60. The summed E-state index contributed by atoms with van der Waals surface area (Å²) in [5.74, 6) is 0. The fraction of sp³-hybridized carbons (Fsp3) is 0.400. The molecule has 1 N–H and O–H groups in total. The van der Waals surface area contributed by atoms with Gasteiger partial charge in [-0.05, 0) is 45.2 Å². The van der Waals surface area contributed by atoms with Gasteiger partial charge in [0.25, 0.3) is 10.0 Å². The van der Waals surface area contributed by atoms with Crippen LogP contribution < -0.4 is 4.31 Å². The molecule has 0 saturated heterocycles. The number of nitrogens with zero attached hydrogens (tertiary/aromatic N) is 2. The summed E-state index contributed by atoms with van der Waals surface area (Å²) in [4.78, 5) is 0.297. The van der Waals surface area contributed by atoms with Crippen molar-refractivity contribution in [2.75, 3.05) is 4.31 Å². The summed E-state index contributed by atoms with van der Waals surface area (Å²) >= 11 is 0. The van der Waals surface area contributed by atoms with Gasteiger partial charge in [0.15, 0.2) is 0 Å². The summed E-state index contributed by atoms with van der Waals surface area (Å²) < 4.78 is 27.8. The smallest absolute Gasteiger partial charge is 0.268 e. The Hall–Kier alpha value is -1.82. The second-order valence-corrected chi connectivity index (χ2v) is 7.33. The highest BCUT2D eigenvalue weighted by molar-refractivity contribution is 7.93. The average molecular weight is 305 g/mol. The Morgan fingerprint density at radius 3 is 2.67 bits per heavy atom. The molecule has 0 aliphatic carbocycles. The third kappa shape index (κ3) is 2.14. The first-order valence-corrected chi connectivity index (χ1v) is 8.51. The van der Waals surface area contributed by atoms with Crippen LogP contribution in [0.15, 0.2) is 29.2 Å². The predicted octanol–water partition coefficient (Wildman–Crippen LogP) is 2.56. The fourth-order valence-corrected chi connectivity index (χ4v) is 5.11. The van der Waals surface area contributed by atoms with Crippen molar-refractivity contribution in [3.05, 3.63) is 41.2 Å². The number of anilines is 1. The van der Waals surface area contributed by atoms with Gasteiger partial charge in [-0.15, -0.1) is 0 Å². The number of hydrogen-bond acceptors (Lipinski definition) is 3. The normalized spacial score (nSPS) is 18.6. The van der Waals surface area contributed by atoms with Crippen molar-refractivity contribution in [3.8, 4) is 0 Å². The first kappa shape index (κ1) is 14.1. The maximum absolute atomic E-state index is 13.1. The molecule has 3 rings (SSSR count). The number of hydrogen-bond donors (Lipinski definition) is 1. The number of aromatic nitrogens is 2. The molecule has 0 spiro atoms. The minimum absolute atomic E-state index is 0.0569. The number of aromatic amines is 1. The Morgan fingerprint density at radius 1 is 1.29 bits per heavy atom. The van der Waals surface area contributed by atoms with E-state index in [0.29, 0.717) is 16.3 Å². The second kappa shape index (κ2) is 4.87. The summed E-state index contributed by atoms with van der Waals surface area (Å²) in [5, 5.41) is 6.79. The number of sulfonamides is 1. The lowest BCUT2D eigenvalue weighted by molar-refractivity contribution is 0.562. The zero-order valence-electron chi connectivity index (χ0n) is 12.4. The molecular formula is C15H19N3O2S. The molecule has 1 aromatic heterocycles. The van der Waals surface area contributed by atoms with Gasteiger partial charge >= 0.3 is 0 Å². The molecule has 112 valence electrons. The van der Waals surface area contributed by atoms with E-state index in [1.165, 1.54) is 0 Å². The Bertz CT molecular complexity index is 760. The maximum Gasteiger partial charge on any atom is 0.268 e. The Morgan fingerprint density at radius 2 is 2.00 bits per heavy atom. The lowest BCUT2D eigenvalue weighted by atomic mass is 9.99. The molecule has 0 bridgehead atoms. The molecule has 0 fully saturated rings. The zero-order chi connectivity index (χ0) is 15.2. The van der Waals surface area contributed by atoms with Gasteiger partial charge in [0.05, 0.1) is 17.1 Å². The molecule has 0 radical (unpaired) electrons. The third-order valence-electron chi connectivity index (χ3n) is 4.04. The molecule has 6 heteroatoms. The molecular weight excluding hydrogens is 286 g/mol. The van der Waals surface area contributed by atoms with Crippen LogP contribution in [-0.2, 0) is 16.4 Å². The van der Waals surface area contributed by atoms with E-state index < -0.39 is 10.0 Å². The highest BCUT2D eigenvalue weighted by atomic mass is 32.2. The standard InChI is InChI=1S/C15H19N3O2S/c1-10-8-9-13-6-4-5-7-14(13)18(10)21(19,20)15-11(2)16-17-12(15)3/h4-7,10H,8-9H2,1-3H3,(H,16,17). The molecule has 1 aromatic carbocycles. The van der Waals surface area contributed by atoms with Gasteiger partial charge < -0.3 is 0 Å². The molecule has 0 amide bonds. The number of fused-ring (bicyclic) bond motifs is 1. The molecule has 1 atom stereocenters. The number of H-pyrrole nitrogens is 1. The highest BCUT2D eigenvalue weighted by Gasteiger charge is 2.36. The van der Waals surface area contributed by atoms with Gasteiger partial charge in [0.2, 0.25) is 0 Å². The van der Waals surface area contributed by atoms with Crippen LogP contribution in [0.3, 0.4) is 0 Å². The van der Waals surface area contributed by atoms with E-state index in [2.05, 4.69) is 10.2 Å². The SMILES string of the molecule is Cc1n[nH]c(C)c1S(=O)(=O)N1c2ccccc2CCC1C. The van der Waals surface area contributed by atoms with E-state index in [0.717, 1.165) is 24.1 Å². The van der Waals surface area contributed by atoms with Crippen molar-refractivity contribution in [1.82, 2.24) is 10.2 Å². The van der Waals surface area contributed by atoms with E-state index in [1.807, 2.05) is 31.2 Å².